The molecule has 1 aromatic heterocycles. The Morgan fingerprint density at radius 1 is 1.33 bits per heavy atom. The van der Waals surface area contributed by atoms with Gasteiger partial charge in [-0.3, -0.25) is 4.79 Å². The molecule has 12 heavy (non-hydrogen) atoms. The summed E-state index contributed by atoms with van der Waals surface area (Å²) in [7, 11) is 0. The molecule has 0 aliphatic heterocycles. The molecular weight excluding hydrogens is 152 g/mol. The van der Waals surface area contributed by atoms with Gasteiger partial charge in [0.25, 0.3) is 0 Å². The van der Waals surface area contributed by atoms with Crippen LogP contribution in [0.2, 0.25) is 0 Å². The van der Waals surface area contributed by atoms with Crippen LogP contribution in [0, 0.1) is 5.41 Å². The Labute approximate surface area is 70.6 Å². The third kappa shape index (κ3) is 0.631. The summed E-state index contributed by atoms with van der Waals surface area (Å²) in [4.78, 5) is 11.8. The van der Waals surface area contributed by atoms with Gasteiger partial charge in [-0.15, -0.1) is 0 Å². The van der Waals surface area contributed by atoms with E-state index in [0.29, 0.717) is 5.76 Å². The summed E-state index contributed by atoms with van der Waals surface area (Å²) in [5.74, 6) is 0.896. The van der Waals surface area contributed by atoms with E-state index in [1.54, 1.807) is 6.26 Å². The van der Waals surface area contributed by atoms with Gasteiger partial charge in [-0.2, -0.15) is 0 Å². The van der Waals surface area contributed by atoms with Gasteiger partial charge in [0, 0.05) is 11.0 Å². The van der Waals surface area contributed by atoms with E-state index < -0.39 is 0 Å². The molecule has 0 aromatic carbocycles. The first-order valence-corrected chi connectivity index (χ1v) is 4.43. The van der Waals surface area contributed by atoms with Gasteiger partial charge in [-0.1, -0.05) is 0 Å². The van der Waals surface area contributed by atoms with Gasteiger partial charge in [0.05, 0.1) is 6.26 Å². The summed E-state index contributed by atoms with van der Waals surface area (Å²) >= 11 is 0. The summed E-state index contributed by atoms with van der Waals surface area (Å²) in [6.07, 6.45) is 5.85. The third-order valence-electron chi connectivity index (χ3n) is 3.16. The Kier molecular flexibility index (Phi) is 0.978. The maximum atomic E-state index is 11.8. The van der Waals surface area contributed by atoms with Crippen LogP contribution in [0.3, 0.4) is 0 Å². The van der Waals surface area contributed by atoms with Crippen LogP contribution in [-0.4, -0.2) is 5.78 Å². The quantitative estimate of drug-likeness (QED) is 0.585. The lowest BCUT2D eigenvalue weighted by molar-refractivity contribution is 0.0848. The summed E-state index contributed by atoms with van der Waals surface area (Å²) in [5.41, 5.74) is 1.13. The van der Waals surface area contributed by atoms with Crippen molar-refractivity contribution in [2.75, 3.05) is 0 Å². The molecule has 1 aromatic rings. The van der Waals surface area contributed by atoms with Gasteiger partial charge in [-0.05, 0) is 31.7 Å². The van der Waals surface area contributed by atoms with E-state index >= 15 is 0 Å². The Morgan fingerprint density at radius 3 is 2.92 bits per heavy atom. The van der Waals surface area contributed by atoms with Crippen molar-refractivity contribution in [1.82, 2.24) is 0 Å². The zero-order chi connectivity index (χ0) is 8.18. The van der Waals surface area contributed by atoms with Crippen molar-refractivity contribution in [2.24, 2.45) is 5.41 Å². The lowest BCUT2D eigenvalue weighted by Crippen LogP contribution is -2.22. The molecule has 1 fully saturated rings. The monoisotopic (exact) mass is 162 g/mol. The highest BCUT2D eigenvalue weighted by atomic mass is 16.3. The van der Waals surface area contributed by atoms with Crippen LogP contribution in [-0.2, 0) is 6.42 Å². The van der Waals surface area contributed by atoms with E-state index in [9.17, 15) is 4.79 Å². The average Bonchev–Trinajstić information content (AvgIpc) is 2.69. The fraction of sp³-hybridized carbons (Fsp3) is 0.500. The Hall–Kier alpha value is -1.05. The predicted molar refractivity (Wildman–Crippen MR) is 43.0 cm³/mol. The second-order valence-electron chi connectivity index (χ2n) is 3.88. The van der Waals surface area contributed by atoms with Crippen LogP contribution in [0.25, 0.3) is 0 Å². The number of aryl methyl sites for hydroxylation is 1. The highest BCUT2D eigenvalue weighted by Crippen LogP contribution is 2.54. The molecule has 0 N–H and O–H groups in total. The van der Waals surface area contributed by atoms with Crippen molar-refractivity contribution in [2.45, 2.75) is 25.7 Å². The van der Waals surface area contributed by atoms with Gasteiger partial charge in [0.15, 0.2) is 5.76 Å². The summed E-state index contributed by atoms with van der Waals surface area (Å²) in [6.45, 7) is 0. The highest BCUT2D eigenvalue weighted by Gasteiger charge is 2.53. The molecule has 0 unspecified atom stereocenters. The number of carbonyl (C=O) groups is 1. The van der Waals surface area contributed by atoms with Crippen molar-refractivity contribution < 1.29 is 9.21 Å². The Morgan fingerprint density at radius 2 is 2.17 bits per heavy atom. The van der Waals surface area contributed by atoms with E-state index in [1.165, 1.54) is 0 Å². The number of carbonyl (C=O) groups excluding carboxylic acids is 1. The fourth-order valence-electron chi connectivity index (χ4n) is 2.09. The summed E-state index contributed by atoms with van der Waals surface area (Å²) in [5, 5.41) is 0. The number of fused-ring (bicyclic) bond motifs is 1. The first kappa shape index (κ1) is 6.46. The van der Waals surface area contributed by atoms with Gasteiger partial charge in [-0.25, -0.2) is 0 Å². The second-order valence-corrected chi connectivity index (χ2v) is 3.88. The average molecular weight is 162 g/mol. The third-order valence-corrected chi connectivity index (χ3v) is 3.16. The van der Waals surface area contributed by atoms with Crippen molar-refractivity contribution in [3.63, 3.8) is 0 Å². The lowest BCUT2D eigenvalue weighted by atomic mass is 9.85. The minimum absolute atomic E-state index is 0.0187. The molecule has 1 saturated carbocycles. The molecule has 2 heteroatoms. The fourth-order valence-corrected chi connectivity index (χ4v) is 2.09. The standard InChI is InChI=1S/C10H10O2/c11-9-8-7(2-6-12-8)1-3-10(9)4-5-10/h2,6H,1,3-5H2. The maximum absolute atomic E-state index is 11.8. The number of rotatable bonds is 0. The molecule has 3 rings (SSSR count). The molecule has 0 radical (unpaired) electrons. The minimum atomic E-state index is 0.0187. The van der Waals surface area contributed by atoms with Crippen molar-refractivity contribution in [3.05, 3.63) is 23.7 Å². The van der Waals surface area contributed by atoms with Crippen LogP contribution in [0.5, 0.6) is 0 Å². The van der Waals surface area contributed by atoms with E-state index in [2.05, 4.69) is 0 Å². The van der Waals surface area contributed by atoms with E-state index in [1.807, 2.05) is 6.07 Å². The van der Waals surface area contributed by atoms with E-state index in [4.69, 9.17) is 4.42 Å². The van der Waals surface area contributed by atoms with Crippen LogP contribution in [0.15, 0.2) is 16.7 Å². The van der Waals surface area contributed by atoms with Crippen LogP contribution >= 0.6 is 0 Å². The molecule has 2 nitrogen and oxygen atoms in total. The van der Waals surface area contributed by atoms with Gasteiger partial charge in [0.2, 0.25) is 5.78 Å². The van der Waals surface area contributed by atoms with Crippen molar-refractivity contribution >= 4 is 5.78 Å². The number of hydrogen-bond acceptors (Lipinski definition) is 2. The molecular formula is C10H10O2. The SMILES string of the molecule is O=C1c2occc2CCC12CC2. The smallest absolute Gasteiger partial charge is 0.204 e. The second kappa shape index (κ2) is 1.82. The largest absolute Gasteiger partial charge is 0.461 e. The zero-order valence-corrected chi connectivity index (χ0v) is 6.80. The molecule has 1 heterocycles. The molecule has 1 spiro atoms. The molecule has 0 bridgehead atoms. The molecule has 2 aliphatic carbocycles. The highest BCUT2D eigenvalue weighted by molar-refractivity contribution is 6.02. The van der Waals surface area contributed by atoms with E-state index in [-0.39, 0.29) is 11.2 Å². The number of Topliss-reactive ketones (excluding diaryl/α,β-unsaturated/α-hetero) is 1. The summed E-state index contributed by atoms with van der Waals surface area (Å²) < 4.78 is 5.19. The first-order chi connectivity index (χ1) is 5.82. The number of hydrogen-bond donors (Lipinski definition) is 0. The minimum Gasteiger partial charge on any atom is -0.461 e. The van der Waals surface area contributed by atoms with Gasteiger partial charge < -0.3 is 4.42 Å². The number of furan rings is 1. The van der Waals surface area contributed by atoms with Crippen LogP contribution in [0.4, 0.5) is 0 Å². The topological polar surface area (TPSA) is 30.2 Å². The van der Waals surface area contributed by atoms with Crippen LogP contribution in [0.1, 0.15) is 35.4 Å². The first-order valence-electron chi connectivity index (χ1n) is 4.43. The van der Waals surface area contributed by atoms with Crippen LogP contribution < -0.4 is 0 Å². The predicted octanol–water partition coefficient (Wildman–Crippen LogP) is 2.19. The lowest BCUT2D eigenvalue weighted by Gasteiger charge is -2.17. The number of ketones is 1. The van der Waals surface area contributed by atoms with Gasteiger partial charge >= 0.3 is 0 Å². The molecule has 0 atom stereocenters. The Bertz CT molecular complexity index is 344. The normalized spacial score (nSPS) is 24.2. The molecule has 2 aliphatic rings. The summed E-state index contributed by atoms with van der Waals surface area (Å²) in [6, 6.07) is 1.92. The zero-order valence-electron chi connectivity index (χ0n) is 6.80. The Balaban J connectivity index is 2.13. The van der Waals surface area contributed by atoms with Crippen molar-refractivity contribution in [1.29, 1.82) is 0 Å². The van der Waals surface area contributed by atoms with Gasteiger partial charge in [0.1, 0.15) is 0 Å². The van der Waals surface area contributed by atoms with Crippen molar-refractivity contribution in [3.8, 4) is 0 Å². The maximum Gasteiger partial charge on any atom is 0.204 e. The molecule has 0 amide bonds. The molecule has 0 saturated heterocycles. The van der Waals surface area contributed by atoms with E-state index in [0.717, 1.165) is 31.2 Å². The molecule has 62 valence electrons.